The zero-order valence-electron chi connectivity index (χ0n) is 8.77. The van der Waals surface area contributed by atoms with Gasteiger partial charge in [0.15, 0.2) is 0 Å². The third-order valence-corrected chi connectivity index (χ3v) is 3.95. The second-order valence-corrected chi connectivity index (χ2v) is 4.62. The highest BCUT2D eigenvalue weighted by atomic mass is 35.5. The van der Waals surface area contributed by atoms with Crippen molar-refractivity contribution in [2.75, 3.05) is 19.7 Å². The Bertz CT molecular complexity index is 219. The lowest BCUT2D eigenvalue weighted by molar-refractivity contribution is 0.206. The molecule has 0 spiro atoms. The quantitative estimate of drug-likeness (QED) is 0.507. The maximum Gasteiger partial charge on any atom is 0.460 e. The highest BCUT2D eigenvalue weighted by molar-refractivity contribution is 7.51. The van der Waals surface area contributed by atoms with Gasteiger partial charge in [-0.2, -0.15) is 4.67 Å². The highest BCUT2D eigenvalue weighted by Crippen LogP contribution is 2.51. The molecule has 0 saturated carbocycles. The molecule has 4 nitrogen and oxygen atoms in total. The molecule has 0 saturated heterocycles. The minimum Gasteiger partial charge on any atom is -0.420 e. The maximum absolute atomic E-state index is 12.1. The smallest absolute Gasteiger partial charge is 0.420 e. The molecule has 0 radical (unpaired) electrons. The monoisotopic (exact) mass is 241 g/mol. The van der Waals surface area contributed by atoms with Crippen molar-refractivity contribution in [1.82, 2.24) is 4.67 Å². The van der Waals surface area contributed by atoms with Crippen LogP contribution in [0.4, 0.5) is 0 Å². The van der Waals surface area contributed by atoms with Crippen LogP contribution in [0, 0.1) is 0 Å². The number of halogens is 1. The van der Waals surface area contributed by atoms with Gasteiger partial charge in [-0.25, -0.2) is 4.57 Å². The van der Waals surface area contributed by atoms with E-state index in [0.717, 1.165) is 5.54 Å². The standard InChI is InChI=1S/C8H17ClNO3P/c1-4-10(5-2)14(11,12-6-3)13-8-7-9/h7-8H,4-6H2,1-3H3/b8-7+. The molecule has 1 unspecified atom stereocenters. The molecule has 0 aromatic rings. The Balaban J connectivity index is 4.58. The summed E-state index contributed by atoms with van der Waals surface area (Å²) in [7, 11) is -3.18. The number of nitrogens with zero attached hydrogens (tertiary/aromatic N) is 1. The largest absolute Gasteiger partial charge is 0.460 e. The van der Waals surface area contributed by atoms with Crippen LogP contribution in [0.5, 0.6) is 0 Å². The van der Waals surface area contributed by atoms with Gasteiger partial charge in [-0.3, -0.25) is 4.52 Å². The second-order valence-electron chi connectivity index (χ2n) is 2.39. The van der Waals surface area contributed by atoms with Crippen molar-refractivity contribution in [2.24, 2.45) is 0 Å². The van der Waals surface area contributed by atoms with E-state index in [0.29, 0.717) is 19.7 Å². The number of hydrogen-bond donors (Lipinski definition) is 0. The topological polar surface area (TPSA) is 38.8 Å². The molecule has 0 aliphatic rings. The van der Waals surface area contributed by atoms with Crippen molar-refractivity contribution >= 4 is 19.3 Å². The van der Waals surface area contributed by atoms with Gasteiger partial charge in [0.25, 0.3) is 0 Å². The summed E-state index contributed by atoms with van der Waals surface area (Å²) in [5.41, 5.74) is 1.16. The van der Waals surface area contributed by atoms with E-state index in [9.17, 15) is 4.57 Å². The first-order valence-electron chi connectivity index (χ1n) is 4.58. The van der Waals surface area contributed by atoms with Crippen LogP contribution in [-0.4, -0.2) is 24.4 Å². The van der Waals surface area contributed by atoms with Crippen molar-refractivity contribution in [3.8, 4) is 0 Å². The van der Waals surface area contributed by atoms with Gasteiger partial charge in [-0.1, -0.05) is 25.4 Å². The predicted molar refractivity (Wildman–Crippen MR) is 58.2 cm³/mol. The van der Waals surface area contributed by atoms with Crippen LogP contribution in [0.15, 0.2) is 11.8 Å². The van der Waals surface area contributed by atoms with Crippen LogP contribution in [-0.2, 0) is 13.6 Å². The first-order valence-corrected chi connectivity index (χ1v) is 6.51. The molecule has 84 valence electrons. The Morgan fingerprint density at radius 1 is 1.36 bits per heavy atom. The van der Waals surface area contributed by atoms with Crippen LogP contribution >= 0.6 is 19.3 Å². The molecule has 0 aliphatic heterocycles. The van der Waals surface area contributed by atoms with Gasteiger partial charge in [0.05, 0.1) is 6.61 Å². The maximum atomic E-state index is 12.1. The molecule has 1 atom stereocenters. The fraction of sp³-hybridized carbons (Fsp3) is 0.750. The third kappa shape index (κ3) is 4.01. The second kappa shape index (κ2) is 7.30. The van der Waals surface area contributed by atoms with E-state index in [1.54, 1.807) is 11.6 Å². The van der Waals surface area contributed by atoms with Gasteiger partial charge in [0, 0.05) is 18.6 Å². The predicted octanol–water partition coefficient (Wildman–Crippen LogP) is 3.20. The molecular formula is C8H17ClNO3P. The van der Waals surface area contributed by atoms with E-state index >= 15 is 0 Å². The molecule has 0 aromatic heterocycles. The highest BCUT2D eigenvalue weighted by Gasteiger charge is 2.31. The van der Waals surface area contributed by atoms with Gasteiger partial charge >= 0.3 is 7.75 Å². The Morgan fingerprint density at radius 3 is 2.29 bits per heavy atom. The van der Waals surface area contributed by atoms with Crippen LogP contribution in [0.2, 0.25) is 0 Å². The summed E-state index contributed by atoms with van der Waals surface area (Å²) in [5, 5.41) is 0. The summed E-state index contributed by atoms with van der Waals surface area (Å²) in [4.78, 5) is 0. The lowest BCUT2D eigenvalue weighted by Crippen LogP contribution is -2.21. The Morgan fingerprint density at radius 2 is 1.93 bits per heavy atom. The molecule has 0 rings (SSSR count). The number of hydrogen-bond acceptors (Lipinski definition) is 3. The molecule has 0 N–H and O–H groups in total. The SMILES string of the molecule is CCOP(=O)(O/C=C/Cl)N(CC)CC. The van der Waals surface area contributed by atoms with E-state index in [1.165, 1.54) is 6.26 Å². The summed E-state index contributed by atoms with van der Waals surface area (Å²) in [5.74, 6) is 0. The molecule has 0 amide bonds. The normalized spacial score (nSPS) is 16.1. The zero-order chi connectivity index (χ0) is 11.0. The molecule has 6 heteroatoms. The van der Waals surface area contributed by atoms with Crippen LogP contribution in [0.1, 0.15) is 20.8 Å². The van der Waals surface area contributed by atoms with Gasteiger partial charge in [0.1, 0.15) is 6.26 Å². The molecule has 14 heavy (non-hydrogen) atoms. The minimum atomic E-state index is -3.18. The van der Waals surface area contributed by atoms with E-state index < -0.39 is 7.75 Å². The van der Waals surface area contributed by atoms with Crippen molar-refractivity contribution in [3.05, 3.63) is 11.8 Å². The lowest BCUT2D eigenvalue weighted by Gasteiger charge is -2.26. The van der Waals surface area contributed by atoms with Gasteiger partial charge in [-0.15, -0.1) is 0 Å². The van der Waals surface area contributed by atoms with E-state index in [2.05, 4.69) is 0 Å². The number of rotatable bonds is 7. The van der Waals surface area contributed by atoms with E-state index in [4.69, 9.17) is 20.6 Å². The minimum absolute atomic E-state index is 0.337. The van der Waals surface area contributed by atoms with Crippen molar-refractivity contribution in [1.29, 1.82) is 0 Å². The van der Waals surface area contributed by atoms with Crippen molar-refractivity contribution in [3.63, 3.8) is 0 Å². The van der Waals surface area contributed by atoms with Gasteiger partial charge in [0.2, 0.25) is 0 Å². The zero-order valence-corrected chi connectivity index (χ0v) is 10.4. The third-order valence-electron chi connectivity index (χ3n) is 1.61. The molecule has 0 bridgehead atoms. The first-order chi connectivity index (χ1) is 6.64. The summed E-state index contributed by atoms with van der Waals surface area (Å²) in [6.45, 7) is 7.09. The molecular weight excluding hydrogens is 225 g/mol. The van der Waals surface area contributed by atoms with Crippen LogP contribution < -0.4 is 0 Å². The Hall–Kier alpha value is -0.0200. The molecule has 0 aromatic carbocycles. The molecule has 0 heterocycles. The van der Waals surface area contributed by atoms with Crippen molar-refractivity contribution in [2.45, 2.75) is 20.8 Å². The van der Waals surface area contributed by atoms with Crippen LogP contribution in [0.25, 0.3) is 0 Å². The summed E-state index contributed by atoms with van der Waals surface area (Å²) in [6, 6.07) is 0. The average molecular weight is 242 g/mol. The fourth-order valence-electron chi connectivity index (χ4n) is 1.01. The lowest BCUT2D eigenvalue weighted by atomic mass is 10.7. The van der Waals surface area contributed by atoms with Gasteiger partial charge < -0.3 is 4.52 Å². The summed E-state index contributed by atoms with van der Waals surface area (Å²) >= 11 is 5.30. The fourth-order valence-corrected chi connectivity index (χ4v) is 2.73. The van der Waals surface area contributed by atoms with E-state index in [1.807, 2.05) is 13.8 Å². The summed E-state index contributed by atoms with van der Waals surface area (Å²) < 4.78 is 23.9. The summed E-state index contributed by atoms with van der Waals surface area (Å²) in [6.07, 6.45) is 1.18. The van der Waals surface area contributed by atoms with Gasteiger partial charge in [-0.05, 0) is 6.92 Å². The molecule has 0 fully saturated rings. The van der Waals surface area contributed by atoms with Crippen molar-refractivity contribution < 1.29 is 13.6 Å². The first kappa shape index (κ1) is 14.0. The average Bonchev–Trinajstić information content (AvgIpc) is 2.17. The Kier molecular flexibility index (Phi) is 7.28. The molecule has 0 aliphatic carbocycles. The Labute approximate surface area is 90.4 Å². The van der Waals surface area contributed by atoms with E-state index in [-0.39, 0.29) is 0 Å². The van der Waals surface area contributed by atoms with Crippen LogP contribution in [0.3, 0.4) is 0 Å².